The van der Waals surface area contributed by atoms with Crippen molar-refractivity contribution < 1.29 is 93.0 Å². The fourth-order valence-electron chi connectivity index (χ4n) is 6.57. The third-order valence-corrected chi connectivity index (χ3v) is 8.89. The summed E-state index contributed by atoms with van der Waals surface area (Å²) >= 11 is 11.6. The summed E-state index contributed by atoms with van der Waals surface area (Å²) in [5.41, 5.74) is 2.20. The molecule has 0 aliphatic heterocycles. The van der Waals surface area contributed by atoms with Crippen molar-refractivity contribution in [3.8, 4) is 5.75 Å². The smallest absolute Gasteiger partial charge is 0.790 e. The zero-order valence-corrected chi connectivity index (χ0v) is 27.6. The Hall–Kier alpha value is 1.14. The third kappa shape index (κ3) is 7.66. The SMILES string of the molecule is C[C@]12CCC3c4ccc(OC(=O)N(CCCl)CCCl)cc4CCC3C1CC[C@@H]2OP(=O)([O-])[O-].O.[Na+].[Na+]. The maximum Gasteiger partial charge on any atom is 1.00 e. The second kappa shape index (κ2) is 14.7. The molecule has 192 valence electrons. The fraction of sp³-hybridized carbons (Fsp3) is 0.696. The number of ether oxygens (including phenoxy) is 1. The van der Waals surface area contributed by atoms with E-state index in [9.17, 15) is 19.1 Å². The number of carbonyl (C=O) groups excluding carboxylic acids is 1. The predicted molar refractivity (Wildman–Crippen MR) is 126 cm³/mol. The molecule has 0 saturated heterocycles. The second-order valence-electron chi connectivity index (χ2n) is 9.67. The Balaban J connectivity index is 0.00000216. The molecule has 3 aliphatic carbocycles. The van der Waals surface area contributed by atoms with Crippen LogP contribution in [-0.4, -0.2) is 47.4 Å². The van der Waals surface area contributed by atoms with Crippen molar-refractivity contribution in [2.24, 2.45) is 17.3 Å². The van der Waals surface area contributed by atoms with Gasteiger partial charge in [-0.15, -0.1) is 23.2 Å². The van der Waals surface area contributed by atoms with Crippen molar-refractivity contribution in [1.82, 2.24) is 4.90 Å². The van der Waals surface area contributed by atoms with Crippen LogP contribution >= 0.6 is 31.0 Å². The van der Waals surface area contributed by atoms with Gasteiger partial charge in [0.2, 0.25) is 0 Å². The molecular formula is C23H32Cl2NNa2O7P. The van der Waals surface area contributed by atoms with Gasteiger partial charge in [0, 0.05) is 24.8 Å². The molecule has 4 rings (SSSR count). The molecular weight excluding hydrogens is 550 g/mol. The quantitative estimate of drug-likeness (QED) is 0.194. The van der Waals surface area contributed by atoms with Gasteiger partial charge in [-0.25, -0.2) is 4.79 Å². The first-order valence-corrected chi connectivity index (χ1v) is 14.1. The first kappa shape index (κ1) is 35.2. The van der Waals surface area contributed by atoms with Gasteiger partial charge in [-0.3, -0.25) is 0 Å². The number of fused-ring (bicyclic) bond motifs is 5. The number of aryl methyl sites for hydroxylation is 1. The Kier molecular flexibility index (Phi) is 14.3. The van der Waals surface area contributed by atoms with Crippen molar-refractivity contribution in [1.29, 1.82) is 0 Å². The first-order chi connectivity index (χ1) is 15.7. The molecule has 5 atom stereocenters. The minimum atomic E-state index is -5.00. The molecule has 0 spiro atoms. The van der Waals surface area contributed by atoms with Crippen molar-refractivity contribution in [3.63, 3.8) is 0 Å². The van der Waals surface area contributed by atoms with Crippen LogP contribution in [0.3, 0.4) is 0 Å². The summed E-state index contributed by atoms with van der Waals surface area (Å²) in [6.07, 6.45) is 4.12. The Morgan fingerprint density at radius 3 is 2.42 bits per heavy atom. The van der Waals surface area contributed by atoms with Gasteiger partial charge >= 0.3 is 65.2 Å². The van der Waals surface area contributed by atoms with Crippen LogP contribution in [-0.2, 0) is 15.5 Å². The largest absolute Gasteiger partial charge is 1.00 e. The summed E-state index contributed by atoms with van der Waals surface area (Å²) in [6, 6.07) is 5.87. The van der Waals surface area contributed by atoms with Crippen molar-refractivity contribution in [2.75, 3.05) is 24.8 Å². The van der Waals surface area contributed by atoms with Crippen molar-refractivity contribution in [2.45, 2.75) is 57.5 Å². The van der Waals surface area contributed by atoms with Gasteiger partial charge in [0.25, 0.3) is 0 Å². The van der Waals surface area contributed by atoms with Gasteiger partial charge in [-0.05, 0) is 85.0 Å². The van der Waals surface area contributed by atoms with E-state index in [4.69, 9.17) is 32.5 Å². The molecule has 0 aromatic heterocycles. The van der Waals surface area contributed by atoms with Crippen molar-refractivity contribution in [3.05, 3.63) is 29.3 Å². The average Bonchev–Trinajstić information content (AvgIpc) is 3.08. The van der Waals surface area contributed by atoms with Gasteiger partial charge < -0.3 is 34.0 Å². The normalized spacial score (nSPS) is 28.2. The van der Waals surface area contributed by atoms with Crippen LogP contribution < -0.4 is 73.6 Å². The first-order valence-electron chi connectivity index (χ1n) is 11.6. The Morgan fingerprint density at radius 1 is 1.14 bits per heavy atom. The number of halogens is 2. The third-order valence-electron chi connectivity index (χ3n) is 8.04. The van der Waals surface area contributed by atoms with Crippen LogP contribution in [0.5, 0.6) is 5.75 Å². The van der Waals surface area contributed by atoms with Crippen LogP contribution in [0, 0.1) is 17.3 Å². The summed E-state index contributed by atoms with van der Waals surface area (Å²) in [5, 5.41) is 0. The maximum atomic E-state index is 12.5. The van der Waals surface area contributed by atoms with E-state index in [1.165, 1.54) is 16.0 Å². The Labute approximate surface area is 267 Å². The number of hydrogen-bond acceptors (Lipinski definition) is 6. The minimum absolute atomic E-state index is 0. The van der Waals surface area contributed by atoms with Crippen LogP contribution in [0.2, 0.25) is 0 Å². The minimum Gasteiger partial charge on any atom is -0.790 e. The summed E-state index contributed by atoms with van der Waals surface area (Å²) in [7, 11) is -5.00. The van der Waals surface area contributed by atoms with Gasteiger partial charge in [-0.1, -0.05) is 13.0 Å². The number of nitrogens with zero attached hydrogens (tertiary/aromatic N) is 1. The summed E-state index contributed by atoms with van der Waals surface area (Å²) in [5.74, 6) is 2.28. The number of amides is 1. The number of phosphoric acid groups is 1. The molecule has 2 N–H and O–H groups in total. The summed E-state index contributed by atoms with van der Waals surface area (Å²) in [6.45, 7) is 2.84. The number of alkyl halides is 2. The molecule has 3 unspecified atom stereocenters. The molecule has 2 fully saturated rings. The Bertz CT molecular complexity index is 934. The molecule has 0 bridgehead atoms. The average molecular weight is 582 g/mol. The monoisotopic (exact) mass is 581 g/mol. The molecule has 1 aromatic rings. The molecule has 36 heavy (non-hydrogen) atoms. The van der Waals surface area contributed by atoms with E-state index >= 15 is 0 Å². The van der Waals surface area contributed by atoms with Crippen LogP contribution in [0.4, 0.5) is 4.79 Å². The van der Waals surface area contributed by atoms with E-state index < -0.39 is 20.0 Å². The van der Waals surface area contributed by atoms with Crippen molar-refractivity contribution >= 4 is 37.1 Å². The number of benzene rings is 1. The van der Waals surface area contributed by atoms with Gasteiger partial charge in [0.1, 0.15) is 5.75 Å². The predicted octanol–water partition coefficient (Wildman–Crippen LogP) is -2.78. The Morgan fingerprint density at radius 2 is 1.81 bits per heavy atom. The number of carbonyl (C=O) groups is 1. The van der Waals surface area contributed by atoms with Crippen LogP contribution in [0.25, 0.3) is 0 Å². The molecule has 1 amide bonds. The van der Waals surface area contributed by atoms with E-state index in [2.05, 4.69) is 13.0 Å². The molecule has 3 aliphatic rings. The summed E-state index contributed by atoms with van der Waals surface area (Å²) < 4.78 is 21.9. The second-order valence-corrected chi connectivity index (χ2v) is 11.5. The van der Waals surface area contributed by atoms with E-state index in [1.54, 1.807) is 0 Å². The topological polar surface area (TPSA) is 133 Å². The molecule has 13 heteroatoms. The zero-order chi connectivity index (χ0) is 23.8. The molecule has 0 heterocycles. The zero-order valence-electron chi connectivity index (χ0n) is 21.2. The fourth-order valence-corrected chi connectivity index (χ4v) is 7.63. The molecule has 8 nitrogen and oxygen atoms in total. The maximum absolute atomic E-state index is 12.5. The number of phosphoric ester groups is 1. The summed E-state index contributed by atoms with van der Waals surface area (Å²) in [4.78, 5) is 36.5. The number of hydrogen-bond donors (Lipinski definition) is 0. The molecule has 1 aromatic carbocycles. The van der Waals surface area contributed by atoms with E-state index in [0.29, 0.717) is 54.8 Å². The van der Waals surface area contributed by atoms with Gasteiger partial charge in [-0.2, -0.15) is 0 Å². The van der Waals surface area contributed by atoms with Crippen LogP contribution in [0.1, 0.15) is 56.1 Å². The van der Waals surface area contributed by atoms with E-state index in [0.717, 1.165) is 32.1 Å². The van der Waals surface area contributed by atoms with Gasteiger partial charge in [0.15, 0.2) is 0 Å². The molecule has 2 saturated carbocycles. The number of rotatable bonds is 7. The van der Waals surface area contributed by atoms with Crippen LogP contribution in [0.15, 0.2) is 18.2 Å². The van der Waals surface area contributed by atoms with E-state index in [1.807, 2.05) is 12.1 Å². The standard InChI is InChI=1S/C23H32Cl2NO6P.2Na.H2O/c1-23-9-8-18-17-5-3-16(31-22(27)26(12-10-24)13-11-25)14-15(17)2-4-19(18)20(23)6-7-21(23)32-33(28,29)30;;;/h3,5,14,18-21H,2,4,6-13H2,1H3,(H2,28,29,30);;;1H2/q;2*+1;/p-2/t18?,19?,20?,21-,23-;;;/m0.../s1. The van der Waals surface area contributed by atoms with E-state index in [-0.39, 0.29) is 70.0 Å². The van der Waals surface area contributed by atoms with Gasteiger partial charge in [0.05, 0.1) is 13.9 Å². The molecule has 0 radical (unpaired) electrons.